The van der Waals surface area contributed by atoms with Crippen molar-refractivity contribution in [3.05, 3.63) is 35.0 Å². The van der Waals surface area contributed by atoms with Gasteiger partial charge in [-0.25, -0.2) is 9.50 Å². The van der Waals surface area contributed by atoms with Gasteiger partial charge in [-0.2, -0.15) is 14.5 Å². The van der Waals surface area contributed by atoms with Crippen molar-refractivity contribution in [1.29, 1.82) is 0 Å². The van der Waals surface area contributed by atoms with E-state index in [-0.39, 0.29) is 6.10 Å². The number of anilines is 1. The first-order valence-corrected chi connectivity index (χ1v) is 9.95. The number of rotatable bonds is 6. The standard InChI is InChI=1S/C18H23FN6OS/c1-4-12-6-13-7-21-16(10-25(13)23-12)26-14-5-11(2)24(8-14)9-15-17(19)22-18(20-3)27-15/h6-7,10-11,14H,4-5,8-9H2,1-3H3,(H,20,22). The molecule has 4 rings (SSSR count). The van der Waals surface area contributed by atoms with Crippen LogP contribution in [0, 0.1) is 5.95 Å². The average Bonchev–Trinajstić information content (AvgIpc) is 3.32. The molecule has 1 aliphatic rings. The highest BCUT2D eigenvalue weighted by atomic mass is 32.1. The maximum atomic E-state index is 14.0. The average molecular weight is 390 g/mol. The van der Waals surface area contributed by atoms with Crippen LogP contribution in [-0.2, 0) is 13.0 Å². The molecule has 3 aromatic rings. The maximum absolute atomic E-state index is 14.0. The second-order valence-corrected chi connectivity index (χ2v) is 7.90. The molecule has 9 heteroatoms. The number of likely N-dealkylation sites (tertiary alicyclic amines) is 1. The summed E-state index contributed by atoms with van der Waals surface area (Å²) < 4.78 is 21.9. The Kier molecular flexibility index (Phi) is 4.96. The van der Waals surface area contributed by atoms with Gasteiger partial charge in [0, 0.05) is 32.6 Å². The lowest BCUT2D eigenvalue weighted by atomic mass is 10.2. The Hall–Kier alpha value is -2.26. The number of halogens is 1. The highest BCUT2D eigenvalue weighted by Crippen LogP contribution is 2.28. The molecular formula is C18H23FN6OS. The Morgan fingerprint density at radius 2 is 2.30 bits per heavy atom. The van der Waals surface area contributed by atoms with Gasteiger partial charge in [-0.05, 0) is 19.4 Å². The first kappa shape index (κ1) is 18.1. The van der Waals surface area contributed by atoms with Crippen molar-refractivity contribution in [3.63, 3.8) is 0 Å². The number of aryl methyl sites for hydroxylation is 1. The molecule has 1 saturated heterocycles. The van der Waals surface area contributed by atoms with Crippen LogP contribution in [0.2, 0.25) is 0 Å². The van der Waals surface area contributed by atoms with Gasteiger partial charge in [0.05, 0.1) is 28.5 Å². The fraction of sp³-hybridized carbons (Fsp3) is 0.500. The number of nitrogens with zero attached hydrogens (tertiary/aromatic N) is 5. The Morgan fingerprint density at radius 1 is 1.44 bits per heavy atom. The van der Waals surface area contributed by atoms with Crippen LogP contribution in [0.5, 0.6) is 5.88 Å². The molecule has 0 aliphatic carbocycles. The number of hydrogen-bond donors (Lipinski definition) is 1. The zero-order valence-electron chi connectivity index (χ0n) is 15.6. The van der Waals surface area contributed by atoms with Crippen molar-refractivity contribution >= 4 is 22.0 Å². The van der Waals surface area contributed by atoms with Gasteiger partial charge in [0.25, 0.3) is 0 Å². The molecule has 144 valence electrons. The fourth-order valence-electron chi connectivity index (χ4n) is 3.41. The SMILES string of the molecule is CCc1cc2cnc(OC3CC(C)N(Cc4sc(NC)nc4F)C3)cn2n1. The Labute approximate surface area is 161 Å². The number of ether oxygens (including phenoxy) is 1. The van der Waals surface area contributed by atoms with Gasteiger partial charge in [-0.15, -0.1) is 0 Å². The second-order valence-electron chi connectivity index (χ2n) is 6.82. The molecule has 7 nitrogen and oxygen atoms in total. The summed E-state index contributed by atoms with van der Waals surface area (Å²) in [5.74, 6) is 0.173. The van der Waals surface area contributed by atoms with Gasteiger partial charge in [0.15, 0.2) is 5.13 Å². The molecule has 1 N–H and O–H groups in total. The Bertz CT molecular complexity index is 941. The monoisotopic (exact) mass is 390 g/mol. The molecule has 0 saturated carbocycles. The van der Waals surface area contributed by atoms with Crippen molar-refractivity contribution in [1.82, 2.24) is 24.5 Å². The first-order chi connectivity index (χ1) is 13.1. The molecule has 4 heterocycles. The molecule has 1 fully saturated rings. The molecule has 0 radical (unpaired) electrons. The van der Waals surface area contributed by atoms with E-state index in [0.29, 0.717) is 28.5 Å². The Balaban J connectivity index is 1.42. The summed E-state index contributed by atoms with van der Waals surface area (Å²) in [6.45, 7) is 5.48. The summed E-state index contributed by atoms with van der Waals surface area (Å²) in [4.78, 5) is 11.2. The highest BCUT2D eigenvalue weighted by molar-refractivity contribution is 7.15. The van der Waals surface area contributed by atoms with Crippen molar-refractivity contribution in [2.75, 3.05) is 18.9 Å². The van der Waals surface area contributed by atoms with Gasteiger partial charge in [0.2, 0.25) is 11.8 Å². The molecule has 0 bridgehead atoms. The van der Waals surface area contributed by atoms with Crippen LogP contribution in [0.15, 0.2) is 18.5 Å². The van der Waals surface area contributed by atoms with Crippen LogP contribution in [0.1, 0.15) is 30.8 Å². The number of hydrogen-bond acceptors (Lipinski definition) is 7. The van der Waals surface area contributed by atoms with Crippen LogP contribution in [0.3, 0.4) is 0 Å². The molecule has 2 unspecified atom stereocenters. The van der Waals surface area contributed by atoms with Gasteiger partial charge in [-0.1, -0.05) is 18.3 Å². The van der Waals surface area contributed by atoms with E-state index >= 15 is 0 Å². The first-order valence-electron chi connectivity index (χ1n) is 9.13. The normalized spacial score (nSPS) is 20.4. The molecule has 0 spiro atoms. The third-order valence-electron chi connectivity index (χ3n) is 4.90. The maximum Gasteiger partial charge on any atom is 0.232 e. The molecular weight excluding hydrogens is 367 g/mol. The lowest BCUT2D eigenvalue weighted by Crippen LogP contribution is -2.28. The third-order valence-corrected chi connectivity index (χ3v) is 5.93. The van der Waals surface area contributed by atoms with Crippen molar-refractivity contribution in [2.24, 2.45) is 0 Å². The van der Waals surface area contributed by atoms with Crippen molar-refractivity contribution in [2.45, 2.75) is 45.4 Å². The lowest BCUT2D eigenvalue weighted by molar-refractivity contribution is 0.187. The van der Waals surface area contributed by atoms with E-state index in [1.165, 1.54) is 11.3 Å². The smallest absolute Gasteiger partial charge is 0.232 e. The van der Waals surface area contributed by atoms with E-state index in [9.17, 15) is 4.39 Å². The zero-order valence-corrected chi connectivity index (χ0v) is 16.5. The summed E-state index contributed by atoms with van der Waals surface area (Å²) in [5, 5.41) is 8.00. The van der Waals surface area contributed by atoms with Crippen molar-refractivity contribution < 1.29 is 9.13 Å². The largest absolute Gasteiger partial charge is 0.472 e. The molecule has 27 heavy (non-hydrogen) atoms. The van der Waals surface area contributed by atoms with Crippen LogP contribution in [-0.4, -0.2) is 50.2 Å². The predicted octanol–water partition coefficient (Wildman–Crippen LogP) is 2.97. The van der Waals surface area contributed by atoms with E-state index in [0.717, 1.165) is 30.6 Å². The Morgan fingerprint density at radius 3 is 3.04 bits per heavy atom. The second kappa shape index (κ2) is 7.40. The summed E-state index contributed by atoms with van der Waals surface area (Å²) in [6.07, 6.45) is 5.38. The summed E-state index contributed by atoms with van der Waals surface area (Å²) >= 11 is 1.36. The summed E-state index contributed by atoms with van der Waals surface area (Å²) in [6, 6.07) is 2.33. The summed E-state index contributed by atoms with van der Waals surface area (Å²) in [7, 11) is 1.75. The lowest BCUT2D eigenvalue weighted by Gasteiger charge is -2.19. The van der Waals surface area contributed by atoms with E-state index in [4.69, 9.17) is 4.74 Å². The van der Waals surface area contributed by atoms with Gasteiger partial charge < -0.3 is 10.1 Å². The van der Waals surface area contributed by atoms with E-state index in [2.05, 4.69) is 39.1 Å². The third kappa shape index (κ3) is 3.74. The number of aromatic nitrogens is 4. The minimum absolute atomic E-state index is 0.0194. The minimum Gasteiger partial charge on any atom is -0.472 e. The van der Waals surface area contributed by atoms with Crippen LogP contribution < -0.4 is 10.1 Å². The number of nitrogens with one attached hydrogen (secondary N) is 1. The van der Waals surface area contributed by atoms with Crippen LogP contribution in [0.4, 0.5) is 9.52 Å². The molecule has 0 amide bonds. The van der Waals surface area contributed by atoms with E-state index < -0.39 is 5.95 Å². The predicted molar refractivity (Wildman–Crippen MR) is 103 cm³/mol. The zero-order chi connectivity index (χ0) is 19.0. The van der Waals surface area contributed by atoms with E-state index in [1.54, 1.807) is 13.2 Å². The van der Waals surface area contributed by atoms with E-state index in [1.807, 2.05) is 16.8 Å². The highest BCUT2D eigenvalue weighted by Gasteiger charge is 2.32. The van der Waals surface area contributed by atoms with Gasteiger partial charge in [0.1, 0.15) is 6.10 Å². The summed E-state index contributed by atoms with van der Waals surface area (Å²) in [5.41, 5.74) is 1.99. The molecule has 1 aliphatic heterocycles. The van der Waals surface area contributed by atoms with Gasteiger partial charge >= 0.3 is 0 Å². The molecule has 3 aromatic heterocycles. The molecule has 0 aromatic carbocycles. The van der Waals surface area contributed by atoms with Crippen LogP contribution >= 0.6 is 11.3 Å². The molecule has 2 atom stereocenters. The van der Waals surface area contributed by atoms with Crippen LogP contribution in [0.25, 0.3) is 5.52 Å². The quantitative estimate of drug-likeness (QED) is 0.698. The van der Waals surface area contributed by atoms with Crippen molar-refractivity contribution in [3.8, 4) is 5.88 Å². The number of fused-ring (bicyclic) bond motifs is 1. The topological polar surface area (TPSA) is 67.6 Å². The number of thiazole rings is 1. The minimum atomic E-state index is -0.390. The fourth-order valence-corrected chi connectivity index (χ4v) is 4.23. The van der Waals surface area contributed by atoms with Gasteiger partial charge in [-0.3, -0.25) is 4.90 Å².